The van der Waals surface area contributed by atoms with Crippen LogP contribution in [-0.2, 0) is 14.3 Å². The third-order valence-electron chi connectivity index (χ3n) is 5.58. The molecule has 0 aromatic heterocycles. The number of carbonyl (C=O) groups excluding carboxylic acids is 3. The number of nitrogens with zero attached hydrogens (tertiary/aromatic N) is 1. The van der Waals surface area contributed by atoms with Crippen LogP contribution in [0.3, 0.4) is 0 Å². The van der Waals surface area contributed by atoms with E-state index in [1.54, 1.807) is 31.7 Å². The molecule has 202 valence electrons. The number of rotatable bonds is 8. The molecule has 0 aliphatic heterocycles. The Hall–Kier alpha value is -2.83. The average molecular weight is 502 g/mol. The van der Waals surface area contributed by atoms with E-state index in [4.69, 9.17) is 4.74 Å². The monoisotopic (exact) mass is 501 g/mol. The first-order valence-corrected chi connectivity index (χ1v) is 12.7. The minimum atomic E-state index is -0.927. The van der Waals surface area contributed by atoms with Crippen molar-refractivity contribution in [3.63, 3.8) is 0 Å². The summed E-state index contributed by atoms with van der Waals surface area (Å²) in [6.45, 7) is 24.4. The number of amides is 3. The quantitative estimate of drug-likeness (QED) is 0.468. The summed E-state index contributed by atoms with van der Waals surface area (Å²) in [7, 11) is 0. The van der Waals surface area contributed by atoms with Gasteiger partial charge in [0.25, 0.3) is 0 Å². The number of alkyl carbamates (subject to hydrolysis) is 1. The van der Waals surface area contributed by atoms with Crippen LogP contribution >= 0.6 is 0 Å². The van der Waals surface area contributed by atoms with Gasteiger partial charge in [0, 0.05) is 11.1 Å². The Morgan fingerprint density at radius 2 is 1.64 bits per heavy atom. The van der Waals surface area contributed by atoms with Crippen LogP contribution in [0.15, 0.2) is 30.8 Å². The molecule has 0 saturated heterocycles. The molecule has 7 nitrogen and oxygen atoms in total. The van der Waals surface area contributed by atoms with E-state index >= 15 is 0 Å². The highest BCUT2D eigenvalue weighted by molar-refractivity contribution is 5.93. The first-order valence-electron chi connectivity index (χ1n) is 12.7. The second kappa shape index (κ2) is 11.9. The van der Waals surface area contributed by atoms with Crippen LogP contribution in [0.4, 0.5) is 4.79 Å². The molecular weight excluding hydrogens is 454 g/mol. The summed E-state index contributed by atoms with van der Waals surface area (Å²) < 4.78 is 5.46. The third kappa shape index (κ3) is 9.32. The molecule has 1 rings (SSSR count). The first kappa shape index (κ1) is 31.2. The van der Waals surface area contributed by atoms with Gasteiger partial charge < -0.3 is 20.3 Å². The molecule has 0 fully saturated rings. The lowest BCUT2D eigenvalue weighted by Gasteiger charge is -2.44. The zero-order valence-electron chi connectivity index (χ0n) is 24.1. The van der Waals surface area contributed by atoms with Crippen molar-refractivity contribution in [1.29, 1.82) is 0 Å². The van der Waals surface area contributed by atoms with E-state index in [0.29, 0.717) is 12.0 Å². The van der Waals surface area contributed by atoms with E-state index in [1.165, 1.54) is 0 Å². The second-order valence-electron chi connectivity index (χ2n) is 12.4. The molecule has 0 aliphatic rings. The molecule has 0 heterocycles. The first-order chi connectivity index (χ1) is 16.3. The third-order valence-corrected chi connectivity index (χ3v) is 5.58. The molecule has 0 saturated carbocycles. The Morgan fingerprint density at radius 1 is 1.06 bits per heavy atom. The van der Waals surface area contributed by atoms with Gasteiger partial charge in [-0.1, -0.05) is 51.1 Å². The standard InChI is InChI=1S/C29H47N3O4/c1-13-19(3)22(30-26(35)36-29(10,11)12)25(34)32(28(7,8)9)23(24(33)31-27(4,5)6)21-17-15-16-20(14-2)18-21/h14-19,22-23H,2,13H2,1,3-12H3,(H,30,35)(H,31,33). The molecule has 3 atom stereocenters. The van der Waals surface area contributed by atoms with Gasteiger partial charge in [-0.05, 0) is 85.4 Å². The molecule has 1 aromatic carbocycles. The van der Waals surface area contributed by atoms with E-state index in [0.717, 1.165) is 5.56 Å². The fraction of sp³-hybridized carbons (Fsp3) is 0.621. The van der Waals surface area contributed by atoms with Crippen molar-refractivity contribution in [2.75, 3.05) is 0 Å². The Bertz CT molecular complexity index is 935. The second-order valence-corrected chi connectivity index (χ2v) is 12.4. The normalized spacial score (nSPS) is 14.8. The van der Waals surface area contributed by atoms with Crippen LogP contribution < -0.4 is 10.6 Å². The van der Waals surface area contributed by atoms with Crippen molar-refractivity contribution in [1.82, 2.24) is 15.5 Å². The van der Waals surface area contributed by atoms with E-state index < -0.39 is 34.9 Å². The van der Waals surface area contributed by atoms with Gasteiger partial charge in [0.15, 0.2) is 0 Å². The summed E-state index contributed by atoms with van der Waals surface area (Å²) in [5.74, 6) is -0.839. The van der Waals surface area contributed by atoms with Crippen LogP contribution in [0, 0.1) is 5.92 Å². The van der Waals surface area contributed by atoms with Crippen LogP contribution in [0.25, 0.3) is 6.08 Å². The number of carbonyl (C=O) groups is 3. The van der Waals surface area contributed by atoms with Gasteiger partial charge in [0.1, 0.15) is 17.7 Å². The number of hydrogen-bond donors (Lipinski definition) is 2. The summed E-state index contributed by atoms with van der Waals surface area (Å²) in [4.78, 5) is 42.4. The summed E-state index contributed by atoms with van der Waals surface area (Å²) >= 11 is 0. The smallest absolute Gasteiger partial charge is 0.408 e. The lowest BCUT2D eigenvalue weighted by Crippen LogP contribution is -2.60. The molecule has 3 unspecified atom stereocenters. The zero-order valence-corrected chi connectivity index (χ0v) is 24.1. The maximum Gasteiger partial charge on any atom is 0.408 e. The summed E-state index contributed by atoms with van der Waals surface area (Å²) in [5, 5.41) is 5.84. The largest absolute Gasteiger partial charge is 0.444 e. The number of hydrogen-bond acceptors (Lipinski definition) is 4. The molecule has 0 spiro atoms. The Morgan fingerprint density at radius 3 is 2.08 bits per heavy atom. The molecule has 0 aliphatic carbocycles. The lowest BCUT2D eigenvalue weighted by atomic mass is 9.91. The van der Waals surface area contributed by atoms with Gasteiger partial charge >= 0.3 is 6.09 Å². The van der Waals surface area contributed by atoms with Gasteiger partial charge in [0.05, 0.1) is 0 Å². The molecule has 3 amide bonds. The lowest BCUT2D eigenvalue weighted by molar-refractivity contribution is -0.150. The molecular formula is C29H47N3O4. The van der Waals surface area contributed by atoms with E-state index in [2.05, 4.69) is 17.2 Å². The predicted molar refractivity (Wildman–Crippen MR) is 146 cm³/mol. The summed E-state index contributed by atoms with van der Waals surface area (Å²) in [6, 6.07) is 5.64. The van der Waals surface area contributed by atoms with Crippen LogP contribution in [-0.4, -0.2) is 45.5 Å². The summed E-state index contributed by atoms with van der Waals surface area (Å²) in [5.41, 5.74) is -0.465. The van der Waals surface area contributed by atoms with E-state index in [9.17, 15) is 14.4 Å². The fourth-order valence-electron chi connectivity index (χ4n) is 3.82. The maximum atomic E-state index is 14.3. The van der Waals surface area contributed by atoms with Crippen molar-refractivity contribution in [3.8, 4) is 0 Å². The molecule has 36 heavy (non-hydrogen) atoms. The van der Waals surface area contributed by atoms with Crippen molar-refractivity contribution in [2.24, 2.45) is 5.92 Å². The van der Waals surface area contributed by atoms with Crippen LogP contribution in [0.5, 0.6) is 0 Å². The number of nitrogens with one attached hydrogen (secondary N) is 2. The predicted octanol–water partition coefficient (Wildman–Crippen LogP) is 5.85. The van der Waals surface area contributed by atoms with Gasteiger partial charge in [-0.3, -0.25) is 9.59 Å². The molecule has 7 heteroatoms. The highest BCUT2D eigenvalue weighted by Crippen LogP contribution is 2.32. The minimum Gasteiger partial charge on any atom is -0.444 e. The highest BCUT2D eigenvalue weighted by Gasteiger charge is 2.43. The van der Waals surface area contributed by atoms with Crippen molar-refractivity contribution in [2.45, 2.75) is 111 Å². The van der Waals surface area contributed by atoms with E-state index in [-0.39, 0.29) is 17.7 Å². The van der Waals surface area contributed by atoms with Crippen LogP contribution in [0.2, 0.25) is 0 Å². The van der Waals surface area contributed by atoms with Gasteiger partial charge in [-0.15, -0.1) is 0 Å². The van der Waals surface area contributed by atoms with Crippen molar-refractivity contribution >= 4 is 24.0 Å². The van der Waals surface area contributed by atoms with Crippen molar-refractivity contribution < 1.29 is 19.1 Å². The highest BCUT2D eigenvalue weighted by atomic mass is 16.6. The Balaban J connectivity index is 3.69. The Kier molecular flexibility index (Phi) is 10.3. The Labute approximate surface area is 218 Å². The van der Waals surface area contributed by atoms with Gasteiger partial charge in [-0.25, -0.2) is 4.79 Å². The van der Waals surface area contributed by atoms with Crippen molar-refractivity contribution in [3.05, 3.63) is 42.0 Å². The summed E-state index contributed by atoms with van der Waals surface area (Å²) in [6.07, 6.45) is 1.69. The molecule has 1 aromatic rings. The van der Waals surface area contributed by atoms with Gasteiger partial charge in [0.2, 0.25) is 11.8 Å². The van der Waals surface area contributed by atoms with E-state index in [1.807, 2.05) is 79.7 Å². The average Bonchev–Trinajstić information content (AvgIpc) is 2.71. The number of benzene rings is 1. The molecule has 0 bridgehead atoms. The fourth-order valence-corrected chi connectivity index (χ4v) is 3.82. The maximum absolute atomic E-state index is 14.3. The minimum absolute atomic E-state index is 0.194. The topological polar surface area (TPSA) is 87.7 Å². The van der Waals surface area contributed by atoms with Gasteiger partial charge in [-0.2, -0.15) is 0 Å². The zero-order chi connectivity index (χ0) is 28.1. The number of ether oxygens (including phenoxy) is 1. The molecule has 2 N–H and O–H groups in total. The SMILES string of the molecule is C=Cc1cccc(C(C(=O)NC(C)(C)C)N(C(=O)C(NC(=O)OC(C)(C)C)C(C)CC)C(C)(C)C)c1. The van der Waals surface area contributed by atoms with Crippen LogP contribution in [0.1, 0.15) is 99.8 Å². The molecule has 0 radical (unpaired) electrons.